The summed E-state index contributed by atoms with van der Waals surface area (Å²) in [6.45, 7) is 6.39. The molecule has 0 saturated heterocycles. The van der Waals surface area contributed by atoms with Gasteiger partial charge in [-0.2, -0.15) is 0 Å². The van der Waals surface area contributed by atoms with E-state index in [4.69, 9.17) is 0 Å². The maximum absolute atomic E-state index is 10.7. The largest absolute Gasteiger partial charge is 0.388 e. The Hall–Kier alpha value is -1.34. The Morgan fingerprint density at radius 1 is 1.00 bits per heavy atom. The van der Waals surface area contributed by atoms with E-state index in [0.29, 0.717) is 5.92 Å². The van der Waals surface area contributed by atoms with Crippen molar-refractivity contribution >= 4 is 10.8 Å². The van der Waals surface area contributed by atoms with E-state index >= 15 is 0 Å². The van der Waals surface area contributed by atoms with E-state index < -0.39 is 0 Å². The Morgan fingerprint density at radius 2 is 1.67 bits per heavy atom. The molecule has 0 spiro atoms. The van der Waals surface area contributed by atoms with Crippen molar-refractivity contribution in [3.05, 3.63) is 47.5 Å². The van der Waals surface area contributed by atoms with Crippen LogP contribution in [0.25, 0.3) is 10.8 Å². The zero-order valence-corrected chi connectivity index (χ0v) is 11.5. The number of rotatable bonds is 4. The maximum Gasteiger partial charge on any atom is 0.0826 e. The van der Waals surface area contributed by atoms with Gasteiger partial charge in [-0.25, -0.2) is 0 Å². The molecule has 0 bridgehead atoms. The minimum Gasteiger partial charge on any atom is -0.388 e. The van der Waals surface area contributed by atoms with Gasteiger partial charge in [0.15, 0.2) is 0 Å². The predicted octanol–water partition coefficient (Wildman–Crippen LogP) is 4.62. The topological polar surface area (TPSA) is 20.2 Å². The van der Waals surface area contributed by atoms with Crippen LogP contribution in [0, 0.1) is 12.8 Å². The molecule has 0 heterocycles. The Morgan fingerprint density at radius 3 is 2.33 bits per heavy atom. The van der Waals surface area contributed by atoms with E-state index in [9.17, 15) is 5.11 Å². The number of benzene rings is 2. The lowest BCUT2D eigenvalue weighted by Crippen LogP contribution is -2.12. The van der Waals surface area contributed by atoms with Crippen LogP contribution in [0.4, 0.5) is 0 Å². The van der Waals surface area contributed by atoms with Gasteiger partial charge >= 0.3 is 0 Å². The first-order chi connectivity index (χ1) is 8.69. The summed E-state index contributed by atoms with van der Waals surface area (Å²) in [6.07, 6.45) is 1.67. The Balaban J connectivity index is 2.58. The van der Waals surface area contributed by atoms with Crippen molar-refractivity contribution in [2.75, 3.05) is 0 Å². The zero-order valence-electron chi connectivity index (χ0n) is 11.5. The van der Waals surface area contributed by atoms with Crippen molar-refractivity contribution in [3.8, 4) is 0 Å². The van der Waals surface area contributed by atoms with Gasteiger partial charge in [0.05, 0.1) is 6.10 Å². The average molecular weight is 242 g/mol. The van der Waals surface area contributed by atoms with Crippen LogP contribution >= 0.6 is 0 Å². The molecule has 1 heteroatoms. The van der Waals surface area contributed by atoms with Crippen molar-refractivity contribution in [1.82, 2.24) is 0 Å². The monoisotopic (exact) mass is 242 g/mol. The predicted molar refractivity (Wildman–Crippen MR) is 77.7 cm³/mol. The molecule has 0 aromatic heterocycles. The second-order valence-electron chi connectivity index (χ2n) is 5.04. The molecule has 18 heavy (non-hydrogen) atoms. The van der Waals surface area contributed by atoms with Gasteiger partial charge in [0.1, 0.15) is 0 Å². The fraction of sp³-hybridized carbons (Fsp3) is 0.412. The molecule has 96 valence electrons. The molecule has 2 rings (SSSR count). The van der Waals surface area contributed by atoms with Crippen LogP contribution in [0.2, 0.25) is 0 Å². The number of aryl methyl sites for hydroxylation is 1. The highest BCUT2D eigenvalue weighted by Crippen LogP contribution is 2.34. The molecule has 1 unspecified atom stereocenters. The first kappa shape index (κ1) is 13.1. The third-order valence-electron chi connectivity index (χ3n) is 3.98. The standard InChI is InChI=1S/C17H22O/c1-4-13(5-2)17(18)16-12(3)10-11-14-8-6-7-9-15(14)16/h6-11,13,17-18H,4-5H2,1-3H3. The molecule has 0 amide bonds. The van der Waals surface area contributed by atoms with E-state index in [2.05, 4.69) is 45.0 Å². The molecule has 0 radical (unpaired) electrons. The molecule has 0 saturated carbocycles. The third-order valence-corrected chi connectivity index (χ3v) is 3.98. The minimum absolute atomic E-state index is 0.342. The van der Waals surface area contributed by atoms with Crippen LogP contribution in [0.15, 0.2) is 36.4 Å². The molecule has 1 nitrogen and oxygen atoms in total. The van der Waals surface area contributed by atoms with E-state index in [0.717, 1.165) is 18.4 Å². The summed E-state index contributed by atoms with van der Waals surface area (Å²) in [4.78, 5) is 0. The summed E-state index contributed by atoms with van der Waals surface area (Å²) in [5, 5.41) is 13.1. The molecule has 2 aromatic carbocycles. The van der Waals surface area contributed by atoms with Gasteiger partial charge in [0.25, 0.3) is 0 Å². The fourth-order valence-corrected chi connectivity index (χ4v) is 2.77. The number of aliphatic hydroxyl groups is 1. The Labute approximate surface area is 109 Å². The summed E-state index contributed by atoms with van der Waals surface area (Å²) in [5.74, 6) is 0.342. The lowest BCUT2D eigenvalue weighted by Gasteiger charge is -2.23. The Kier molecular flexibility index (Phi) is 4.03. The van der Waals surface area contributed by atoms with E-state index in [1.54, 1.807) is 0 Å². The summed E-state index contributed by atoms with van der Waals surface area (Å²) >= 11 is 0. The molecule has 1 atom stereocenters. The minimum atomic E-state index is -0.355. The number of aliphatic hydroxyl groups excluding tert-OH is 1. The number of hydrogen-bond donors (Lipinski definition) is 1. The normalized spacial score (nSPS) is 13.2. The lowest BCUT2D eigenvalue weighted by molar-refractivity contribution is 0.104. The highest BCUT2D eigenvalue weighted by Gasteiger charge is 2.21. The fourth-order valence-electron chi connectivity index (χ4n) is 2.77. The van der Waals surface area contributed by atoms with E-state index in [1.807, 2.05) is 12.1 Å². The van der Waals surface area contributed by atoms with Gasteiger partial charge in [0, 0.05) is 0 Å². The van der Waals surface area contributed by atoms with Gasteiger partial charge in [-0.1, -0.05) is 63.1 Å². The maximum atomic E-state index is 10.7. The molecular formula is C17H22O. The van der Waals surface area contributed by atoms with Gasteiger partial charge in [-0.3, -0.25) is 0 Å². The highest BCUT2D eigenvalue weighted by atomic mass is 16.3. The van der Waals surface area contributed by atoms with Crippen molar-refractivity contribution in [2.24, 2.45) is 5.92 Å². The Bertz CT molecular complexity index is 526. The second kappa shape index (κ2) is 5.53. The average Bonchev–Trinajstić information content (AvgIpc) is 2.39. The molecule has 0 aliphatic heterocycles. The van der Waals surface area contributed by atoms with Crippen LogP contribution in [0.3, 0.4) is 0 Å². The number of fused-ring (bicyclic) bond motifs is 1. The molecule has 0 fully saturated rings. The van der Waals surface area contributed by atoms with Crippen LogP contribution in [-0.4, -0.2) is 5.11 Å². The second-order valence-corrected chi connectivity index (χ2v) is 5.04. The zero-order chi connectivity index (χ0) is 13.1. The molecular weight excluding hydrogens is 220 g/mol. The van der Waals surface area contributed by atoms with Crippen molar-refractivity contribution in [3.63, 3.8) is 0 Å². The summed E-state index contributed by atoms with van der Waals surface area (Å²) in [5.41, 5.74) is 2.30. The molecule has 0 aliphatic rings. The van der Waals surface area contributed by atoms with E-state index in [1.165, 1.54) is 16.3 Å². The van der Waals surface area contributed by atoms with Crippen LogP contribution in [-0.2, 0) is 0 Å². The molecule has 1 N–H and O–H groups in total. The summed E-state index contributed by atoms with van der Waals surface area (Å²) in [6, 6.07) is 12.6. The van der Waals surface area contributed by atoms with Gasteiger partial charge in [0.2, 0.25) is 0 Å². The summed E-state index contributed by atoms with van der Waals surface area (Å²) in [7, 11) is 0. The molecule has 2 aromatic rings. The number of hydrogen-bond acceptors (Lipinski definition) is 1. The highest BCUT2D eigenvalue weighted by molar-refractivity contribution is 5.87. The van der Waals surface area contributed by atoms with Gasteiger partial charge in [-0.05, 0) is 34.7 Å². The van der Waals surface area contributed by atoms with Crippen molar-refractivity contribution in [2.45, 2.75) is 39.7 Å². The smallest absolute Gasteiger partial charge is 0.0826 e. The quantitative estimate of drug-likeness (QED) is 0.829. The first-order valence-corrected chi connectivity index (χ1v) is 6.85. The van der Waals surface area contributed by atoms with E-state index in [-0.39, 0.29) is 6.10 Å². The van der Waals surface area contributed by atoms with Crippen LogP contribution in [0.5, 0.6) is 0 Å². The first-order valence-electron chi connectivity index (χ1n) is 6.85. The third kappa shape index (κ3) is 2.28. The van der Waals surface area contributed by atoms with Crippen LogP contribution < -0.4 is 0 Å². The SMILES string of the molecule is CCC(CC)C(O)c1c(C)ccc2ccccc12. The molecule has 0 aliphatic carbocycles. The summed E-state index contributed by atoms with van der Waals surface area (Å²) < 4.78 is 0. The van der Waals surface area contributed by atoms with Crippen molar-refractivity contribution < 1.29 is 5.11 Å². The lowest BCUT2D eigenvalue weighted by atomic mass is 9.86. The van der Waals surface area contributed by atoms with Gasteiger partial charge < -0.3 is 5.11 Å². The van der Waals surface area contributed by atoms with Gasteiger partial charge in [-0.15, -0.1) is 0 Å². The van der Waals surface area contributed by atoms with Crippen LogP contribution in [0.1, 0.15) is 43.9 Å². The van der Waals surface area contributed by atoms with Crippen molar-refractivity contribution in [1.29, 1.82) is 0 Å².